The van der Waals surface area contributed by atoms with Crippen molar-refractivity contribution in [3.8, 4) is 0 Å². The summed E-state index contributed by atoms with van der Waals surface area (Å²) < 4.78 is 37.6. The molecule has 2 nitrogen and oxygen atoms in total. The molecule has 0 N–H and O–H groups in total. The fraction of sp³-hybridized carbons (Fsp3) is 1.00. The first-order valence-corrected chi connectivity index (χ1v) is 7.71. The maximum atomic E-state index is 14.1. The highest BCUT2D eigenvalue weighted by atomic mass is 32.5. The van der Waals surface area contributed by atoms with Crippen LogP contribution in [0.1, 0.15) is 32.1 Å². The minimum Gasteiger partial charge on any atom is -0.329 e. The first kappa shape index (κ1) is 13.5. The van der Waals surface area contributed by atoms with E-state index in [1.165, 1.54) is 14.2 Å². The molecule has 0 aromatic heterocycles. The van der Waals surface area contributed by atoms with E-state index in [1.54, 1.807) is 0 Å². The topological polar surface area (TPSA) is 18.5 Å². The van der Waals surface area contributed by atoms with E-state index in [9.17, 15) is 8.78 Å². The van der Waals surface area contributed by atoms with E-state index in [0.717, 1.165) is 19.3 Å². The summed E-state index contributed by atoms with van der Waals surface area (Å²) in [4.78, 5) is 0. The lowest BCUT2D eigenvalue weighted by Crippen LogP contribution is -2.31. The highest BCUT2D eigenvalue weighted by molar-refractivity contribution is 8.10. The quantitative estimate of drug-likeness (QED) is 0.715. The number of rotatable bonds is 4. The Morgan fingerprint density at radius 3 is 2.00 bits per heavy atom. The molecule has 0 spiro atoms. The molecule has 0 heterocycles. The summed E-state index contributed by atoms with van der Waals surface area (Å²) in [6.45, 7) is -3.45. The van der Waals surface area contributed by atoms with Gasteiger partial charge in [0.2, 0.25) is 0 Å². The smallest absolute Gasteiger partial charge is 0.323 e. The molecule has 15 heavy (non-hydrogen) atoms. The lowest BCUT2D eigenvalue weighted by atomic mass is 9.89. The Kier molecular flexibility index (Phi) is 4.65. The van der Waals surface area contributed by atoms with Crippen LogP contribution in [0.25, 0.3) is 0 Å². The Balaban J connectivity index is 2.83. The van der Waals surface area contributed by atoms with Crippen molar-refractivity contribution in [3.63, 3.8) is 0 Å². The summed E-state index contributed by atoms with van der Waals surface area (Å²) in [5, 5.41) is 0. The van der Waals surface area contributed by atoms with Gasteiger partial charge in [-0.15, -0.1) is 0 Å². The van der Waals surface area contributed by atoms with Crippen molar-refractivity contribution < 1.29 is 17.8 Å². The zero-order chi connectivity index (χ0) is 11.5. The van der Waals surface area contributed by atoms with E-state index < -0.39 is 18.1 Å². The average Bonchev–Trinajstić information content (AvgIpc) is 2.29. The first-order valence-electron chi connectivity index (χ1n) is 5.07. The monoisotopic (exact) mass is 258 g/mol. The summed E-state index contributed by atoms with van der Waals surface area (Å²) in [7, 11) is 2.42. The first-order chi connectivity index (χ1) is 6.98. The molecule has 6 heteroatoms. The van der Waals surface area contributed by atoms with Gasteiger partial charge in [0, 0.05) is 20.1 Å². The van der Waals surface area contributed by atoms with Crippen LogP contribution < -0.4 is 0 Å². The zero-order valence-electron chi connectivity index (χ0n) is 9.04. The standard InChI is InChI=1S/C9H17F2O2PS/c1-12-14(15,13-2)9(10,11)8-6-4-3-5-7-8/h8H,3-7H2,1-2H3. The molecule has 0 atom stereocenters. The largest absolute Gasteiger partial charge is 0.329 e. The fourth-order valence-electron chi connectivity index (χ4n) is 1.99. The van der Waals surface area contributed by atoms with Gasteiger partial charge in [-0.1, -0.05) is 19.3 Å². The summed E-state index contributed by atoms with van der Waals surface area (Å²) in [5.41, 5.74) is -2.99. The van der Waals surface area contributed by atoms with E-state index in [-0.39, 0.29) is 0 Å². The Morgan fingerprint density at radius 1 is 1.13 bits per heavy atom. The van der Waals surface area contributed by atoms with Gasteiger partial charge in [0.05, 0.1) is 0 Å². The molecular weight excluding hydrogens is 241 g/mol. The number of halogens is 2. The maximum absolute atomic E-state index is 14.1. The Labute approximate surface area is 94.5 Å². The third-order valence-corrected chi connectivity index (χ3v) is 6.62. The predicted octanol–water partition coefficient (Wildman–Crippen LogP) is 3.76. The zero-order valence-corrected chi connectivity index (χ0v) is 10.8. The van der Waals surface area contributed by atoms with Crippen molar-refractivity contribution in [1.29, 1.82) is 0 Å². The Hall–Kier alpha value is 0.430. The second-order valence-corrected chi connectivity index (χ2v) is 7.55. The van der Waals surface area contributed by atoms with Crippen LogP contribution in [0, 0.1) is 5.92 Å². The minimum atomic E-state index is -3.45. The molecule has 1 aliphatic carbocycles. The van der Waals surface area contributed by atoms with Crippen LogP contribution >= 0.6 is 6.49 Å². The molecule has 1 fully saturated rings. The van der Waals surface area contributed by atoms with E-state index in [2.05, 4.69) is 0 Å². The molecule has 0 unspecified atom stereocenters. The van der Waals surface area contributed by atoms with Gasteiger partial charge in [0.25, 0.3) is 6.49 Å². The normalized spacial score (nSPS) is 20.5. The highest BCUT2D eigenvalue weighted by Gasteiger charge is 2.53. The number of hydrogen-bond acceptors (Lipinski definition) is 3. The average molecular weight is 258 g/mol. The summed E-state index contributed by atoms with van der Waals surface area (Å²) in [5.74, 6) is -0.669. The van der Waals surface area contributed by atoms with Gasteiger partial charge in [0.1, 0.15) is 0 Å². The van der Waals surface area contributed by atoms with E-state index in [0.29, 0.717) is 12.8 Å². The van der Waals surface area contributed by atoms with Crippen LogP contribution in [-0.2, 0) is 20.9 Å². The molecular formula is C9H17F2O2PS. The van der Waals surface area contributed by atoms with Gasteiger partial charge in [-0.3, -0.25) is 0 Å². The molecule has 1 saturated carbocycles. The van der Waals surface area contributed by atoms with Crippen LogP contribution in [-0.4, -0.2) is 19.9 Å². The molecule has 1 rings (SSSR count). The van der Waals surface area contributed by atoms with Crippen molar-refractivity contribution >= 4 is 18.3 Å². The van der Waals surface area contributed by atoms with Crippen LogP contribution in [0.4, 0.5) is 8.78 Å². The van der Waals surface area contributed by atoms with E-state index in [4.69, 9.17) is 20.9 Å². The molecule has 90 valence electrons. The second-order valence-electron chi connectivity index (χ2n) is 3.79. The number of hydrogen-bond donors (Lipinski definition) is 0. The SMILES string of the molecule is COP(=S)(OC)C(F)(F)C1CCCCC1. The van der Waals surface area contributed by atoms with Gasteiger partial charge in [-0.25, -0.2) is 0 Å². The summed E-state index contributed by atoms with van der Waals surface area (Å²) >= 11 is 4.84. The maximum Gasteiger partial charge on any atom is 0.323 e. The van der Waals surface area contributed by atoms with Gasteiger partial charge < -0.3 is 9.05 Å². The van der Waals surface area contributed by atoms with Crippen LogP contribution in [0.3, 0.4) is 0 Å². The summed E-state index contributed by atoms with van der Waals surface area (Å²) in [6.07, 6.45) is 3.79. The van der Waals surface area contributed by atoms with Crippen molar-refractivity contribution in [3.05, 3.63) is 0 Å². The molecule has 0 aromatic carbocycles. The Morgan fingerprint density at radius 2 is 1.60 bits per heavy atom. The van der Waals surface area contributed by atoms with Crippen molar-refractivity contribution in [1.82, 2.24) is 0 Å². The molecule has 0 radical (unpaired) electrons. The molecule has 0 amide bonds. The van der Waals surface area contributed by atoms with Crippen LogP contribution in [0.15, 0.2) is 0 Å². The third-order valence-electron chi connectivity index (χ3n) is 2.94. The highest BCUT2D eigenvalue weighted by Crippen LogP contribution is 2.65. The van der Waals surface area contributed by atoms with Crippen molar-refractivity contribution in [2.75, 3.05) is 14.2 Å². The minimum absolute atomic E-state index is 0.526. The van der Waals surface area contributed by atoms with Gasteiger partial charge in [-0.05, 0) is 24.6 Å². The second kappa shape index (κ2) is 5.17. The van der Waals surface area contributed by atoms with Crippen LogP contribution in [0.5, 0.6) is 0 Å². The lowest BCUT2D eigenvalue weighted by molar-refractivity contribution is -0.00899. The van der Waals surface area contributed by atoms with Gasteiger partial charge in [0.15, 0.2) is 0 Å². The van der Waals surface area contributed by atoms with Crippen LogP contribution in [0.2, 0.25) is 0 Å². The van der Waals surface area contributed by atoms with Crippen molar-refractivity contribution in [2.45, 2.75) is 37.8 Å². The lowest BCUT2D eigenvalue weighted by Gasteiger charge is -2.35. The molecule has 0 bridgehead atoms. The van der Waals surface area contributed by atoms with Gasteiger partial charge in [-0.2, -0.15) is 8.78 Å². The molecule has 1 aliphatic rings. The molecule has 0 aliphatic heterocycles. The molecule has 0 saturated heterocycles. The predicted molar refractivity (Wildman–Crippen MR) is 59.8 cm³/mol. The van der Waals surface area contributed by atoms with E-state index in [1.807, 2.05) is 0 Å². The van der Waals surface area contributed by atoms with Gasteiger partial charge >= 0.3 is 5.66 Å². The number of alkyl halides is 2. The fourth-order valence-corrected chi connectivity index (χ4v) is 3.78. The third kappa shape index (κ3) is 2.57. The van der Waals surface area contributed by atoms with Crippen molar-refractivity contribution in [2.24, 2.45) is 5.92 Å². The molecule has 0 aromatic rings. The van der Waals surface area contributed by atoms with E-state index >= 15 is 0 Å². The Bertz CT molecular complexity index is 246. The summed E-state index contributed by atoms with van der Waals surface area (Å²) in [6, 6.07) is 0.